The number of carbonyl (C=O) groups excluding carboxylic acids is 2. The predicted octanol–water partition coefficient (Wildman–Crippen LogP) is 5.04. The van der Waals surface area contributed by atoms with Gasteiger partial charge in [-0.2, -0.15) is 13.2 Å². The van der Waals surface area contributed by atoms with E-state index in [1.54, 1.807) is 12.1 Å². The van der Waals surface area contributed by atoms with Crippen molar-refractivity contribution in [3.63, 3.8) is 0 Å². The number of carbonyl (C=O) groups is 2. The SMILES string of the molecule is O=C(CCCOc1ccc2cc(C(F)(F)F)ccc2n1)c1ccnc(NC(=O)C2CC2)c1. The van der Waals surface area contributed by atoms with Crippen LogP contribution in [0.2, 0.25) is 0 Å². The van der Waals surface area contributed by atoms with Crippen molar-refractivity contribution < 1.29 is 27.5 Å². The highest BCUT2D eigenvalue weighted by Crippen LogP contribution is 2.32. The number of amides is 1. The highest BCUT2D eigenvalue weighted by atomic mass is 19.4. The van der Waals surface area contributed by atoms with Crippen molar-refractivity contribution in [2.45, 2.75) is 31.9 Å². The zero-order valence-electron chi connectivity index (χ0n) is 17.0. The van der Waals surface area contributed by atoms with Gasteiger partial charge in [0.25, 0.3) is 0 Å². The Bertz CT molecular complexity index is 1160. The van der Waals surface area contributed by atoms with Gasteiger partial charge in [0, 0.05) is 35.6 Å². The Morgan fingerprint density at radius 2 is 1.91 bits per heavy atom. The summed E-state index contributed by atoms with van der Waals surface area (Å²) in [6, 6.07) is 9.50. The number of ketones is 1. The van der Waals surface area contributed by atoms with Gasteiger partial charge in [-0.15, -0.1) is 0 Å². The summed E-state index contributed by atoms with van der Waals surface area (Å²) in [7, 11) is 0. The quantitative estimate of drug-likeness (QED) is 0.390. The molecule has 1 aliphatic carbocycles. The largest absolute Gasteiger partial charge is 0.478 e. The zero-order valence-corrected chi connectivity index (χ0v) is 17.0. The predicted molar refractivity (Wildman–Crippen MR) is 111 cm³/mol. The second-order valence-corrected chi connectivity index (χ2v) is 7.62. The van der Waals surface area contributed by atoms with Gasteiger partial charge in [-0.3, -0.25) is 9.59 Å². The Labute approximate surface area is 181 Å². The zero-order chi connectivity index (χ0) is 22.7. The summed E-state index contributed by atoms with van der Waals surface area (Å²) in [5.41, 5.74) is 0.116. The van der Waals surface area contributed by atoms with E-state index >= 15 is 0 Å². The Morgan fingerprint density at radius 1 is 1.09 bits per heavy atom. The molecule has 2 heterocycles. The number of hydrogen-bond acceptors (Lipinski definition) is 5. The number of anilines is 1. The number of Topliss-reactive ketones (excluding diaryl/α,β-unsaturated/α-hetero) is 1. The Hall–Kier alpha value is -3.49. The first kappa shape index (κ1) is 21.7. The molecule has 2 aromatic heterocycles. The lowest BCUT2D eigenvalue weighted by molar-refractivity contribution is -0.137. The summed E-state index contributed by atoms with van der Waals surface area (Å²) in [5, 5.41) is 3.08. The topological polar surface area (TPSA) is 81.2 Å². The van der Waals surface area contributed by atoms with Crippen LogP contribution >= 0.6 is 0 Å². The van der Waals surface area contributed by atoms with Crippen molar-refractivity contribution in [1.29, 1.82) is 0 Å². The molecular weight excluding hydrogens is 423 g/mol. The lowest BCUT2D eigenvalue weighted by Crippen LogP contribution is -2.15. The van der Waals surface area contributed by atoms with Gasteiger partial charge < -0.3 is 10.1 Å². The second kappa shape index (κ2) is 8.94. The molecule has 32 heavy (non-hydrogen) atoms. The highest BCUT2D eigenvalue weighted by Gasteiger charge is 2.31. The Kier molecular flexibility index (Phi) is 6.07. The Balaban J connectivity index is 1.28. The van der Waals surface area contributed by atoms with E-state index in [-0.39, 0.29) is 36.5 Å². The van der Waals surface area contributed by atoms with Crippen LogP contribution in [0.3, 0.4) is 0 Å². The van der Waals surface area contributed by atoms with Crippen LogP contribution in [0.4, 0.5) is 19.0 Å². The molecule has 1 amide bonds. The van der Waals surface area contributed by atoms with Crippen molar-refractivity contribution >= 4 is 28.4 Å². The minimum atomic E-state index is -4.41. The molecule has 4 rings (SSSR count). The molecular formula is C23H20F3N3O3. The summed E-state index contributed by atoms with van der Waals surface area (Å²) in [4.78, 5) is 32.5. The normalized spacial score (nSPS) is 13.7. The van der Waals surface area contributed by atoms with Crippen LogP contribution in [0.25, 0.3) is 10.9 Å². The minimum absolute atomic E-state index is 0.0451. The van der Waals surface area contributed by atoms with E-state index in [4.69, 9.17) is 4.74 Å². The van der Waals surface area contributed by atoms with E-state index in [0.29, 0.717) is 28.7 Å². The minimum Gasteiger partial charge on any atom is -0.478 e. The van der Waals surface area contributed by atoms with Crippen molar-refractivity contribution in [2.75, 3.05) is 11.9 Å². The number of alkyl halides is 3. The van der Waals surface area contributed by atoms with Gasteiger partial charge in [-0.25, -0.2) is 9.97 Å². The van der Waals surface area contributed by atoms with Gasteiger partial charge in [0.1, 0.15) is 5.82 Å². The van der Waals surface area contributed by atoms with E-state index in [1.165, 1.54) is 24.4 Å². The van der Waals surface area contributed by atoms with Crippen LogP contribution in [0.15, 0.2) is 48.7 Å². The summed E-state index contributed by atoms with van der Waals surface area (Å²) in [6.07, 6.45) is -0.514. The summed E-state index contributed by atoms with van der Waals surface area (Å²) in [6.45, 7) is 0.223. The van der Waals surface area contributed by atoms with E-state index in [2.05, 4.69) is 15.3 Å². The average Bonchev–Trinajstić information content (AvgIpc) is 3.61. The van der Waals surface area contributed by atoms with E-state index in [1.807, 2.05) is 0 Å². The average molecular weight is 443 g/mol. The number of benzene rings is 1. The number of nitrogens with one attached hydrogen (secondary N) is 1. The van der Waals surface area contributed by atoms with Crippen LogP contribution < -0.4 is 10.1 Å². The molecule has 0 radical (unpaired) electrons. The number of pyridine rings is 2. The number of hydrogen-bond donors (Lipinski definition) is 1. The van der Waals surface area contributed by atoms with Crippen LogP contribution in [0.1, 0.15) is 41.6 Å². The number of rotatable bonds is 8. The van der Waals surface area contributed by atoms with Crippen LogP contribution in [0.5, 0.6) is 5.88 Å². The molecule has 0 atom stereocenters. The number of aromatic nitrogens is 2. The first-order valence-electron chi connectivity index (χ1n) is 10.2. The van der Waals surface area contributed by atoms with Crippen molar-refractivity contribution in [1.82, 2.24) is 9.97 Å². The Morgan fingerprint density at radius 3 is 2.66 bits per heavy atom. The summed E-state index contributed by atoms with van der Waals surface area (Å²) >= 11 is 0. The van der Waals surface area contributed by atoms with Gasteiger partial charge in [0.05, 0.1) is 17.7 Å². The molecule has 9 heteroatoms. The van der Waals surface area contributed by atoms with Crippen LogP contribution in [0, 0.1) is 5.92 Å². The first-order valence-corrected chi connectivity index (χ1v) is 10.2. The molecule has 0 unspecified atom stereocenters. The molecule has 0 saturated heterocycles. The summed E-state index contributed by atoms with van der Waals surface area (Å²) in [5.74, 6) is 0.498. The molecule has 1 N–H and O–H groups in total. The van der Waals surface area contributed by atoms with E-state index in [9.17, 15) is 22.8 Å². The van der Waals surface area contributed by atoms with Crippen molar-refractivity contribution in [3.8, 4) is 5.88 Å². The molecule has 6 nitrogen and oxygen atoms in total. The fourth-order valence-electron chi connectivity index (χ4n) is 3.16. The van der Waals surface area contributed by atoms with Gasteiger partial charge in [0.15, 0.2) is 5.78 Å². The fourth-order valence-corrected chi connectivity index (χ4v) is 3.16. The molecule has 0 spiro atoms. The van der Waals surface area contributed by atoms with Crippen molar-refractivity contribution in [3.05, 3.63) is 59.8 Å². The number of fused-ring (bicyclic) bond motifs is 1. The fraction of sp³-hybridized carbons (Fsp3) is 0.304. The molecule has 1 aliphatic rings. The molecule has 0 bridgehead atoms. The number of nitrogens with zero attached hydrogens (tertiary/aromatic N) is 2. The standard InChI is InChI=1S/C23H20F3N3O3/c24-23(25,26)17-6-7-18-15(12-17)5-8-21(28-18)32-11-1-2-19(30)16-9-10-27-20(13-16)29-22(31)14-3-4-14/h5-10,12-14H,1-4,11H2,(H,27,29,31). The third kappa shape index (κ3) is 5.40. The molecule has 166 valence electrons. The maximum absolute atomic E-state index is 12.8. The first-order chi connectivity index (χ1) is 15.3. The van der Waals surface area contributed by atoms with Gasteiger partial charge >= 0.3 is 6.18 Å². The third-order valence-electron chi connectivity index (χ3n) is 5.07. The van der Waals surface area contributed by atoms with Gasteiger partial charge in [0.2, 0.25) is 11.8 Å². The third-order valence-corrected chi connectivity index (χ3v) is 5.07. The lowest BCUT2D eigenvalue weighted by atomic mass is 10.1. The van der Waals surface area contributed by atoms with Gasteiger partial charge in [-0.1, -0.05) is 0 Å². The lowest BCUT2D eigenvalue weighted by Gasteiger charge is -2.09. The van der Waals surface area contributed by atoms with Gasteiger partial charge in [-0.05, 0) is 55.7 Å². The smallest absolute Gasteiger partial charge is 0.416 e. The number of ether oxygens (including phenoxy) is 1. The van der Waals surface area contributed by atoms with E-state index in [0.717, 1.165) is 25.0 Å². The molecule has 0 aliphatic heterocycles. The second-order valence-electron chi connectivity index (χ2n) is 7.62. The maximum atomic E-state index is 12.8. The van der Waals surface area contributed by atoms with Crippen molar-refractivity contribution in [2.24, 2.45) is 5.92 Å². The summed E-state index contributed by atoms with van der Waals surface area (Å²) < 4.78 is 44.0. The molecule has 1 fully saturated rings. The molecule has 1 saturated carbocycles. The molecule has 3 aromatic rings. The monoisotopic (exact) mass is 443 g/mol. The van der Waals surface area contributed by atoms with Crippen LogP contribution in [-0.4, -0.2) is 28.3 Å². The van der Waals surface area contributed by atoms with Crippen LogP contribution in [-0.2, 0) is 11.0 Å². The highest BCUT2D eigenvalue weighted by molar-refractivity contribution is 5.98. The maximum Gasteiger partial charge on any atom is 0.416 e. The number of halogens is 3. The molecule has 1 aromatic carbocycles. The van der Waals surface area contributed by atoms with E-state index < -0.39 is 11.7 Å².